The lowest BCUT2D eigenvalue weighted by atomic mass is 10.2. The molecule has 4 nitrogen and oxygen atoms in total. The number of sulfone groups is 1. The summed E-state index contributed by atoms with van der Waals surface area (Å²) in [4.78, 5) is 4.35. The van der Waals surface area contributed by atoms with Crippen LogP contribution in [0.25, 0.3) is 0 Å². The van der Waals surface area contributed by atoms with Crippen LogP contribution in [0.5, 0.6) is 0 Å². The zero-order chi connectivity index (χ0) is 11.5. The normalized spacial score (nSPS) is 12.8. The van der Waals surface area contributed by atoms with E-state index < -0.39 is 9.84 Å². The molecule has 0 fully saturated rings. The standard InChI is InChI=1S/C10H14N2O2S/c1-8(11)12-7-9-3-5-10(6-4-9)15(2,13)14/h3-6H,7H2,1-2H3,(H2,11,12). The minimum absolute atomic E-state index is 0.319. The first-order valence-corrected chi connectivity index (χ1v) is 6.34. The van der Waals surface area contributed by atoms with Gasteiger partial charge in [0.05, 0.1) is 17.3 Å². The highest BCUT2D eigenvalue weighted by atomic mass is 32.2. The number of hydrogen-bond donors (Lipinski definition) is 1. The molecule has 0 atom stereocenters. The van der Waals surface area contributed by atoms with Crippen LogP contribution in [0, 0.1) is 0 Å². The van der Waals surface area contributed by atoms with E-state index >= 15 is 0 Å². The van der Waals surface area contributed by atoms with Crippen molar-refractivity contribution in [2.75, 3.05) is 6.26 Å². The van der Waals surface area contributed by atoms with E-state index in [1.807, 2.05) is 0 Å². The maximum Gasteiger partial charge on any atom is 0.175 e. The molecule has 15 heavy (non-hydrogen) atoms. The van der Waals surface area contributed by atoms with Crippen molar-refractivity contribution in [3.8, 4) is 0 Å². The third-order valence-corrected chi connectivity index (χ3v) is 2.99. The van der Waals surface area contributed by atoms with Crippen molar-refractivity contribution in [2.45, 2.75) is 18.4 Å². The molecular formula is C10H14N2O2S. The molecule has 0 aliphatic rings. The Kier molecular flexibility index (Phi) is 3.47. The maximum absolute atomic E-state index is 11.2. The minimum atomic E-state index is -3.11. The fourth-order valence-electron chi connectivity index (χ4n) is 1.06. The molecule has 0 aromatic heterocycles. The highest BCUT2D eigenvalue weighted by Crippen LogP contribution is 2.10. The van der Waals surface area contributed by atoms with E-state index in [0.717, 1.165) is 5.56 Å². The van der Waals surface area contributed by atoms with E-state index in [1.54, 1.807) is 31.2 Å². The van der Waals surface area contributed by atoms with Gasteiger partial charge in [0.1, 0.15) is 0 Å². The van der Waals surface area contributed by atoms with E-state index in [0.29, 0.717) is 17.3 Å². The highest BCUT2D eigenvalue weighted by Gasteiger charge is 2.05. The molecule has 0 aliphatic heterocycles. The molecule has 0 unspecified atom stereocenters. The van der Waals surface area contributed by atoms with Crippen LogP contribution in [0.15, 0.2) is 34.2 Å². The second-order valence-corrected chi connectivity index (χ2v) is 5.39. The number of hydrogen-bond acceptors (Lipinski definition) is 3. The third-order valence-electron chi connectivity index (χ3n) is 1.86. The first-order chi connectivity index (χ1) is 6.89. The van der Waals surface area contributed by atoms with Gasteiger partial charge in [0, 0.05) is 6.26 Å². The van der Waals surface area contributed by atoms with Crippen molar-refractivity contribution in [1.82, 2.24) is 0 Å². The van der Waals surface area contributed by atoms with Crippen molar-refractivity contribution in [1.29, 1.82) is 0 Å². The van der Waals surface area contributed by atoms with Crippen LogP contribution in [0.3, 0.4) is 0 Å². The number of benzene rings is 1. The second-order valence-electron chi connectivity index (χ2n) is 3.37. The van der Waals surface area contributed by atoms with Crippen LogP contribution < -0.4 is 5.73 Å². The van der Waals surface area contributed by atoms with Gasteiger partial charge < -0.3 is 5.73 Å². The molecule has 1 rings (SSSR count). The van der Waals surface area contributed by atoms with Gasteiger partial charge in [-0.1, -0.05) is 12.1 Å². The molecule has 0 saturated carbocycles. The number of aliphatic imine (C=N–C) groups is 1. The van der Waals surface area contributed by atoms with Gasteiger partial charge in [-0.15, -0.1) is 0 Å². The van der Waals surface area contributed by atoms with E-state index in [4.69, 9.17) is 5.73 Å². The molecule has 0 heterocycles. The summed E-state index contributed by atoms with van der Waals surface area (Å²) < 4.78 is 22.3. The third kappa shape index (κ3) is 3.71. The lowest BCUT2D eigenvalue weighted by Gasteiger charge is -2.00. The number of nitrogens with two attached hydrogens (primary N) is 1. The summed E-state index contributed by atoms with van der Waals surface area (Å²) in [5, 5.41) is 0. The second kappa shape index (κ2) is 4.44. The summed E-state index contributed by atoms with van der Waals surface area (Å²) in [7, 11) is -3.11. The molecule has 5 heteroatoms. The van der Waals surface area contributed by atoms with Gasteiger partial charge in [-0.05, 0) is 24.6 Å². The molecule has 2 N–H and O–H groups in total. The molecule has 1 aromatic carbocycles. The predicted molar refractivity (Wildman–Crippen MR) is 60.6 cm³/mol. The first kappa shape index (κ1) is 11.7. The molecule has 82 valence electrons. The summed E-state index contributed by atoms with van der Waals surface area (Å²) in [6, 6.07) is 6.63. The van der Waals surface area contributed by atoms with Gasteiger partial charge in [0.2, 0.25) is 0 Å². The zero-order valence-electron chi connectivity index (χ0n) is 8.77. The molecular weight excluding hydrogens is 212 g/mol. The largest absolute Gasteiger partial charge is 0.388 e. The summed E-state index contributed by atoms with van der Waals surface area (Å²) in [6.45, 7) is 2.19. The average Bonchev–Trinajstić information content (AvgIpc) is 2.14. The summed E-state index contributed by atoms with van der Waals surface area (Å²) >= 11 is 0. The van der Waals surface area contributed by atoms with Gasteiger partial charge in [0.25, 0.3) is 0 Å². The maximum atomic E-state index is 11.2. The van der Waals surface area contributed by atoms with Crippen LogP contribution in [0.4, 0.5) is 0 Å². The Morgan fingerprint density at radius 3 is 2.27 bits per heavy atom. The summed E-state index contributed by atoms with van der Waals surface area (Å²) in [5.41, 5.74) is 6.33. The molecule has 0 radical (unpaired) electrons. The van der Waals surface area contributed by atoms with Gasteiger partial charge in [-0.2, -0.15) is 0 Å². The minimum Gasteiger partial charge on any atom is -0.388 e. The topological polar surface area (TPSA) is 72.5 Å². The van der Waals surface area contributed by atoms with Crippen LogP contribution in [-0.2, 0) is 16.4 Å². The summed E-state index contributed by atoms with van der Waals surface area (Å²) in [5.74, 6) is 0.516. The molecule has 0 aliphatic carbocycles. The van der Waals surface area contributed by atoms with Crippen LogP contribution in [0.1, 0.15) is 12.5 Å². The summed E-state index contributed by atoms with van der Waals surface area (Å²) in [6.07, 6.45) is 1.18. The Morgan fingerprint density at radius 2 is 1.87 bits per heavy atom. The Labute approximate surface area is 89.8 Å². The van der Waals surface area contributed by atoms with Crippen molar-refractivity contribution in [3.05, 3.63) is 29.8 Å². The highest BCUT2D eigenvalue weighted by molar-refractivity contribution is 7.90. The van der Waals surface area contributed by atoms with E-state index in [-0.39, 0.29) is 0 Å². The molecule has 0 saturated heterocycles. The zero-order valence-corrected chi connectivity index (χ0v) is 9.58. The Bertz CT molecular complexity index is 457. The predicted octanol–water partition coefficient (Wildman–Crippen LogP) is 0.967. The van der Waals surface area contributed by atoms with Crippen molar-refractivity contribution in [3.63, 3.8) is 0 Å². The monoisotopic (exact) mass is 226 g/mol. The van der Waals surface area contributed by atoms with Gasteiger partial charge in [-0.25, -0.2) is 8.42 Å². The number of amidine groups is 1. The van der Waals surface area contributed by atoms with Gasteiger partial charge in [0.15, 0.2) is 9.84 Å². The number of nitrogens with zero attached hydrogens (tertiary/aromatic N) is 1. The lowest BCUT2D eigenvalue weighted by Crippen LogP contribution is -2.05. The van der Waals surface area contributed by atoms with Crippen molar-refractivity contribution >= 4 is 15.7 Å². The van der Waals surface area contributed by atoms with Crippen LogP contribution in [-0.4, -0.2) is 20.5 Å². The Morgan fingerprint density at radius 1 is 1.33 bits per heavy atom. The van der Waals surface area contributed by atoms with Gasteiger partial charge >= 0.3 is 0 Å². The van der Waals surface area contributed by atoms with Crippen molar-refractivity contribution < 1.29 is 8.42 Å². The quantitative estimate of drug-likeness (QED) is 0.616. The first-order valence-electron chi connectivity index (χ1n) is 4.45. The van der Waals surface area contributed by atoms with Gasteiger partial charge in [-0.3, -0.25) is 4.99 Å². The molecule has 0 bridgehead atoms. The Balaban J connectivity index is 2.87. The fourth-order valence-corrected chi connectivity index (χ4v) is 1.69. The molecule has 0 amide bonds. The van der Waals surface area contributed by atoms with E-state index in [1.165, 1.54) is 6.26 Å². The lowest BCUT2D eigenvalue weighted by molar-refractivity contribution is 0.602. The van der Waals surface area contributed by atoms with Crippen LogP contribution in [0.2, 0.25) is 0 Å². The number of rotatable bonds is 3. The fraction of sp³-hybridized carbons (Fsp3) is 0.300. The molecule has 1 aromatic rings. The van der Waals surface area contributed by atoms with Crippen LogP contribution >= 0.6 is 0 Å². The average molecular weight is 226 g/mol. The van der Waals surface area contributed by atoms with Crippen molar-refractivity contribution in [2.24, 2.45) is 10.7 Å². The van der Waals surface area contributed by atoms with E-state index in [2.05, 4.69) is 4.99 Å². The Hall–Kier alpha value is -1.36. The van der Waals surface area contributed by atoms with E-state index in [9.17, 15) is 8.42 Å². The smallest absolute Gasteiger partial charge is 0.175 e. The SMILES string of the molecule is CC(N)=NCc1ccc(S(C)(=O)=O)cc1. The molecule has 0 spiro atoms.